The zero-order chi connectivity index (χ0) is 17.8. The van der Waals surface area contributed by atoms with E-state index in [0.29, 0.717) is 43.4 Å². The zero-order valence-corrected chi connectivity index (χ0v) is 14.6. The highest BCUT2D eigenvalue weighted by Crippen LogP contribution is 2.34. The number of para-hydroxylation sites is 1. The van der Waals surface area contributed by atoms with Gasteiger partial charge in [-0.3, -0.25) is 9.78 Å². The van der Waals surface area contributed by atoms with E-state index in [1.165, 1.54) is 0 Å². The summed E-state index contributed by atoms with van der Waals surface area (Å²) in [5.74, 6) is 1.10. The Morgan fingerprint density at radius 2 is 1.96 bits per heavy atom. The molecule has 1 aromatic carbocycles. The van der Waals surface area contributed by atoms with Gasteiger partial charge in [0.05, 0.1) is 11.7 Å². The molecule has 1 saturated heterocycles. The van der Waals surface area contributed by atoms with Gasteiger partial charge in [0.2, 0.25) is 0 Å². The lowest BCUT2D eigenvalue weighted by molar-refractivity contribution is 0.0501. The van der Waals surface area contributed by atoms with E-state index in [2.05, 4.69) is 4.98 Å². The van der Waals surface area contributed by atoms with Crippen molar-refractivity contribution in [2.75, 3.05) is 26.4 Å². The molecule has 2 aliphatic rings. The highest BCUT2D eigenvalue weighted by molar-refractivity contribution is 5.98. The van der Waals surface area contributed by atoms with Gasteiger partial charge in [0.15, 0.2) is 11.5 Å². The summed E-state index contributed by atoms with van der Waals surface area (Å²) in [4.78, 5) is 19.2. The number of benzene rings is 1. The molecule has 0 saturated carbocycles. The average molecular weight is 354 g/mol. The Bertz CT molecular complexity index is 760. The molecule has 1 unspecified atom stereocenters. The Morgan fingerprint density at radius 1 is 1.12 bits per heavy atom. The van der Waals surface area contributed by atoms with Gasteiger partial charge in [-0.2, -0.15) is 0 Å². The molecule has 1 fully saturated rings. The summed E-state index contributed by atoms with van der Waals surface area (Å²) >= 11 is 0. The topological polar surface area (TPSA) is 60.9 Å². The van der Waals surface area contributed by atoms with Crippen molar-refractivity contribution in [3.63, 3.8) is 0 Å². The van der Waals surface area contributed by atoms with Crippen LogP contribution in [-0.4, -0.2) is 48.3 Å². The summed E-state index contributed by atoms with van der Waals surface area (Å²) in [5.41, 5.74) is 1.57. The molecule has 136 valence electrons. The van der Waals surface area contributed by atoms with Gasteiger partial charge in [-0.1, -0.05) is 6.07 Å². The first-order chi connectivity index (χ1) is 12.8. The van der Waals surface area contributed by atoms with Crippen LogP contribution in [0.2, 0.25) is 0 Å². The zero-order valence-electron chi connectivity index (χ0n) is 14.6. The second-order valence-electron chi connectivity index (χ2n) is 6.51. The van der Waals surface area contributed by atoms with Crippen LogP contribution >= 0.6 is 0 Å². The first-order valence-corrected chi connectivity index (χ1v) is 8.99. The van der Waals surface area contributed by atoms with Gasteiger partial charge < -0.3 is 19.1 Å². The molecule has 2 aromatic rings. The van der Waals surface area contributed by atoms with E-state index in [-0.39, 0.29) is 12.0 Å². The van der Waals surface area contributed by atoms with Gasteiger partial charge in [0, 0.05) is 32.1 Å². The van der Waals surface area contributed by atoms with Gasteiger partial charge in [-0.25, -0.2) is 0 Å². The normalized spacial score (nSPS) is 18.5. The molecule has 0 radical (unpaired) electrons. The summed E-state index contributed by atoms with van der Waals surface area (Å²) in [6.07, 6.45) is 5.58. The largest absolute Gasteiger partial charge is 0.486 e. The Morgan fingerprint density at radius 3 is 2.77 bits per heavy atom. The molecule has 3 heterocycles. The monoisotopic (exact) mass is 354 g/mol. The lowest BCUT2D eigenvalue weighted by Gasteiger charge is -2.28. The van der Waals surface area contributed by atoms with Crippen LogP contribution in [0.15, 0.2) is 42.7 Å². The van der Waals surface area contributed by atoms with Crippen LogP contribution in [0, 0.1) is 0 Å². The molecule has 1 atom stereocenters. The van der Waals surface area contributed by atoms with Crippen molar-refractivity contribution in [1.82, 2.24) is 9.88 Å². The first kappa shape index (κ1) is 16.8. The van der Waals surface area contributed by atoms with Crippen molar-refractivity contribution < 1.29 is 19.0 Å². The maximum Gasteiger partial charge on any atom is 0.258 e. The predicted molar refractivity (Wildman–Crippen MR) is 95.4 cm³/mol. The van der Waals surface area contributed by atoms with Crippen LogP contribution in [-0.2, 0) is 11.3 Å². The van der Waals surface area contributed by atoms with Gasteiger partial charge in [0.25, 0.3) is 5.91 Å². The van der Waals surface area contributed by atoms with E-state index in [1.807, 2.05) is 29.2 Å². The fourth-order valence-corrected chi connectivity index (χ4v) is 3.37. The number of rotatable bonds is 5. The molecular weight excluding hydrogens is 332 g/mol. The summed E-state index contributed by atoms with van der Waals surface area (Å²) in [6.45, 7) is 2.78. The third-order valence-corrected chi connectivity index (χ3v) is 4.65. The Kier molecular flexibility index (Phi) is 5.02. The third-order valence-electron chi connectivity index (χ3n) is 4.65. The predicted octanol–water partition coefficient (Wildman–Crippen LogP) is 2.67. The molecule has 1 amide bonds. The Labute approximate surface area is 152 Å². The molecule has 0 aliphatic carbocycles. The number of hydrogen-bond acceptors (Lipinski definition) is 5. The second kappa shape index (κ2) is 7.74. The molecule has 0 N–H and O–H groups in total. The van der Waals surface area contributed by atoms with Gasteiger partial charge in [-0.15, -0.1) is 0 Å². The van der Waals surface area contributed by atoms with E-state index >= 15 is 0 Å². The Hall–Kier alpha value is -2.60. The quantitative estimate of drug-likeness (QED) is 0.826. The van der Waals surface area contributed by atoms with E-state index in [4.69, 9.17) is 14.2 Å². The van der Waals surface area contributed by atoms with Gasteiger partial charge in [-0.05, 0) is 42.7 Å². The summed E-state index contributed by atoms with van der Waals surface area (Å²) in [5, 5.41) is 0. The lowest BCUT2D eigenvalue weighted by atomic mass is 10.1. The van der Waals surface area contributed by atoms with Crippen LogP contribution in [0.4, 0.5) is 0 Å². The number of carbonyl (C=O) groups excluding carboxylic acids is 1. The van der Waals surface area contributed by atoms with Crippen molar-refractivity contribution in [3.05, 3.63) is 53.9 Å². The van der Waals surface area contributed by atoms with Crippen LogP contribution < -0.4 is 9.47 Å². The maximum absolute atomic E-state index is 13.3. The highest BCUT2D eigenvalue weighted by Gasteiger charge is 2.27. The smallest absolute Gasteiger partial charge is 0.258 e. The average Bonchev–Trinajstić information content (AvgIpc) is 3.20. The number of carbonyl (C=O) groups is 1. The van der Waals surface area contributed by atoms with Crippen LogP contribution in [0.1, 0.15) is 28.8 Å². The van der Waals surface area contributed by atoms with Crippen LogP contribution in [0.5, 0.6) is 11.5 Å². The molecule has 6 nitrogen and oxygen atoms in total. The number of ether oxygens (including phenoxy) is 3. The van der Waals surface area contributed by atoms with Crippen LogP contribution in [0.25, 0.3) is 0 Å². The molecule has 26 heavy (non-hydrogen) atoms. The van der Waals surface area contributed by atoms with Crippen molar-refractivity contribution in [3.8, 4) is 11.5 Å². The fraction of sp³-hybridized carbons (Fsp3) is 0.400. The van der Waals surface area contributed by atoms with Crippen molar-refractivity contribution in [1.29, 1.82) is 0 Å². The highest BCUT2D eigenvalue weighted by atomic mass is 16.6. The Balaban J connectivity index is 1.61. The van der Waals surface area contributed by atoms with Crippen molar-refractivity contribution >= 4 is 5.91 Å². The molecule has 0 spiro atoms. The first-order valence-electron chi connectivity index (χ1n) is 8.99. The number of hydrogen-bond donors (Lipinski definition) is 0. The molecule has 6 heteroatoms. The van der Waals surface area contributed by atoms with E-state index in [1.54, 1.807) is 18.5 Å². The van der Waals surface area contributed by atoms with Gasteiger partial charge in [0.1, 0.15) is 13.2 Å². The molecule has 2 aliphatic heterocycles. The van der Waals surface area contributed by atoms with Crippen molar-refractivity contribution in [2.24, 2.45) is 0 Å². The second-order valence-corrected chi connectivity index (χ2v) is 6.51. The summed E-state index contributed by atoms with van der Waals surface area (Å²) < 4.78 is 17.1. The minimum absolute atomic E-state index is 0.0698. The maximum atomic E-state index is 13.3. The van der Waals surface area contributed by atoms with E-state index in [0.717, 1.165) is 25.0 Å². The minimum atomic E-state index is -0.0698. The standard InChI is InChI=1S/C20H22N2O4/c23-20(17-4-1-5-18-19(17)26-12-11-25-18)22(14-16-3-2-10-24-16)13-15-6-8-21-9-7-15/h1,4-9,16H,2-3,10-14H2. The number of pyridine rings is 1. The number of nitrogens with zero attached hydrogens (tertiary/aromatic N) is 2. The fourth-order valence-electron chi connectivity index (χ4n) is 3.37. The van der Waals surface area contributed by atoms with E-state index in [9.17, 15) is 4.79 Å². The summed E-state index contributed by atoms with van der Waals surface area (Å²) in [7, 11) is 0. The third kappa shape index (κ3) is 3.65. The molecule has 1 aromatic heterocycles. The van der Waals surface area contributed by atoms with Crippen LogP contribution in [0.3, 0.4) is 0 Å². The number of aromatic nitrogens is 1. The summed E-state index contributed by atoms with van der Waals surface area (Å²) in [6, 6.07) is 9.31. The number of fused-ring (bicyclic) bond motifs is 1. The lowest BCUT2D eigenvalue weighted by Crippen LogP contribution is -2.37. The minimum Gasteiger partial charge on any atom is -0.486 e. The van der Waals surface area contributed by atoms with Crippen molar-refractivity contribution in [2.45, 2.75) is 25.5 Å². The molecular formula is C20H22N2O4. The number of amides is 1. The molecule has 4 rings (SSSR count). The molecule has 0 bridgehead atoms. The SMILES string of the molecule is O=C(c1cccc2c1OCCO2)N(Cc1ccncc1)CC1CCCO1. The van der Waals surface area contributed by atoms with Gasteiger partial charge >= 0.3 is 0 Å². The van der Waals surface area contributed by atoms with E-state index < -0.39 is 0 Å².